The highest BCUT2D eigenvalue weighted by atomic mass is 28.3. The summed E-state index contributed by atoms with van der Waals surface area (Å²) in [6.07, 6.45) is 5.34. The Morgan fingerprint density at radius 3 is 1.75 bits per heavy atom. The molecule has 0 aromatic rings. The molecule has 0 fully saturated rings. The molecule has 0 aromatic heterocycles. The molecule has 0 rings (SSSR count). The minimum Gasteiger partial charge on any atom is -0.417 e. The molecule has 0 spiro atoms. The predicted molar refractivity (Wildman–Crippen MR) is 56.8 cm³/mol. The summed E-state index contributed by atoms with van der Waals surface area (Å²) in [6.45, 7) is 7.54. The third kappa shape index (κ3) is 6.86. The van der Waals surface area contributed by atoms with Crippen molar-refractivity contribution in [2.45, 2.75) is 58.5 Å². The van der Waals surface area contributed by atoms with Crippen LogP contribution in [0.5, 0.6) is 0 Å². The SMILES string of the molecule is CCCC[Si](CCCC)OCC. The molecule has 0 aromatic carbocycles. The van der Waals surface area contributed by atoms with Crippen molar-refractivity contribution in [2.75, 3.05) is 6.61 Å². The van der Waals surface area contributed by atoms with Crippen LogP contribution in [0.15, 0.2) is 0 Å². The monoisotopic (exact) mass is 187 g/mol. The summed E-state index contributed by atoms with van der Waals surface area (Å²) in [5.74, 6) is 0. The zero-order chi connectivity index (χ0) is 9.23. The van der Waals surface area contributed by atoms with Crippen LogP contribution in [-0.4, -0.2) is 15.6 Å². The Morgan fingerprint density at radius 2 is 1.42 bits per heavy atom. The molecule has 0 aliphatic heterocycles. The van der Waals surface area contributed by atoms with E-state index in [0.29, 0.717) is 0 Å². The number of unbranched alkanes of at least 4 members (excludes halogenated alkanes) is 2. The quantitative estimate of drug-likeness (QED) is 0.527. The maximum Gasteiger partial charge on any atom is 0.211 e. The van der Waals surface area contributed by atoms with Crippen LogP contribution in [0.4, 0.5) is 0 Å². The van der Waals surface area contributed by atoms with Crippen LogP contribution in [0.3, 0.4) is 0 Å². The highest BCUT2D eigenvalue weighted by Crippen LogP contribution is 2.10. The molecule has 2 heteroatoms. The molecule has 0 saturated carbocycles. The molecule has 0 saturated heterocycles. The van der Waals surface area contributed by atoms with Crippen LogP contribution in [0.1, 0.15) is 46.5 Å². The first-order valence-electron chi connectivity index (χ1n) is 5.32. The van der Waals surface area contributed by atoms with Gasteiger partial charge in [0.15, 0.2) is 0 Å². The molecule has 0 aliphatic carbocycles. The molecule has 12 heavy (non-hydrogen) atoms. The lowest BCUT2D eigenvalue weighted by atomic mass is 10.4. The Bertz CT molecular complexity index is 77.9. The summed E-state index contributed by atoms with van der Waals surface area (Å²) in [6, 6.07) is 2.71. The second-order valence-electron chi connectivity index (χ2n) is 3.18. The normalized spacial score (nSPS) is 11.0. The van der Waals surface area contributed by atoms with Crippen molar-refractivity contribution in [1.29, 1.82) is 0 Å². The van der Waals surface area contributed by atoms with Gasteiger partial charge < -0.3 is 4.43 Å². The van der Waals surface area contributed by atoms with Crippen molar-refractivity contribution in [2.24, 2.45) is 0 Å². The molecule has 0 heterocycles. The second-order valence-corrected chi connectivity index (χ2v) is 5.54. The first-order chi connectivity index (χ1) is 5.85. The van der Waals surface area contributed by atoms with Gasteiger partial charge in [-0.05, 0) is 19.0 Å². The molecule has 73 valence electrons. The maximum atomic E-state index is 5.75. The summed E-state index contributed by atoms with van der Waals surface area (Å²) in [5, 5.41) is 0. The first kappa shape index (κ1) is 12.2. The molecule has 0 aliphatic rings. The van der Waals surface area contributed by atoms with Gasteiger partial charge >= 0.3 is 0 Å². The largest absolute Gasteiger partial charge is 0.417 e. The molecular formula is C10H23OSi. The lowest BCUT2D eigenvalue weighted by Gasteiger charge is -2.12. The van der Waals surface area contributed by atoms with Crippen molar-refractivity contribution in [3.05, 3.63) is 0 Å². The van der Waals surface area contributed by atoms with Gasteiger partial charge in [0.2, 0.25) is 9.04 Å². The van der Waals surface area contributed by atoms with Crippen LogP contribution >= 0.6 is 0 Å². The van der Waals surface area contributed by atoms with Gasteiger partial charge in [-0.25, -0.2) is 0 Å². The molecule has 1 nitrogen and oxygen atoms in total. The van der Waals surface area contributed by atoms with Gasteiger partial charge in [0, 0.05) is 6.61 Å². The Morgan fingerprint density at radius 1 is 0.917 bits per heavy atom. The molecule has 0 unspecified atom stereocenters. The zero-order valence-corrected chi connectivity index (χ0v) is 9.86. The molecular weight excluding hydrogens is 164 g/mol. The highest BCUT2D eigenvalue weighted by Gasteiger charge is 2.10. The lowest BCUT2D eigenvalue weighted by molar-refractivity contribution is 0.339. The van der Waals surface area contributed by atoms with Crippen molar-refractivity contribution in [1.82, 2.24) is 0 Å². The fourth-order valence-corrected chi connectivity index (χ4v) is 3.66. The van der Waals surface area contributed by atoms with Crippen LogP contribution in [0, 0.1) is 0 Å². The summed E-state index contributed by atoms with van der Waals surface area (Å²) in [7, 11) is -0.421. The number of hydrogen-bond donors (Lipinski definition) is 0. The molecule has 0 N–H and O–H groups in total. The summed E-state index contributed by atoms with van der Waals surface area (Å²) in [5.41, 5.74) is 0. The van der Waals surface area contributed by atoms with Gasteiger partial charge in [0.25, 0.3) is 0 Å². The Labute approximate surface area is 79.2 Å². The highest BCUT2D eigenvalue weighted by molar-refractivity contribution is 6.51. The van der Waals surface area contributed by atoms with Crippen molar-refractivity contribution in [3.8, 4) is 0 Å². The topological polar surface area (TPSA) is 9.23 Å². The maximum absolute atomic E-state index is 5.75. The molecule has 0 amide bonds. The van der Waals surface area contributed by atoms with Gasteiger partial charge in [-0.1, -0.05) is 39.5 Å². The minimum absolute atomic E-state index is 0.421. The smallest absolute Gasteiger partial charge is 0.211 e. The average Bonchev–Trinajstić information content (AvgIpc) is 2.10. The third-order valence-corrected chi connectivity index (χ3v) is 4.49. The van der Waals surface area contributed by atoms with Gasteiger partial charge in [-0.2, -0.15) is 0 Å². The van der Waals surface area contributed by atoms with E-state index in [-0.39, 0.29) is 0 Å². The molecule has 0 bridgehead atoms. The molecule has 0 atom stereocenters. The summed E-state index contributed by atoms with van der Waals surface area (Å²) >= 11 is 0. The third-order valence-electron chi connectivity index (χ3n) is 1.97. The predicted octanol–water partition coefficient (Wildman–Crippen LogP) is 3.61. The summed E-state index contributed by atoms with van der Waals surface area (Å²) < 4.78 is 5.75. The standard InChI is InChI=1S/C10H23OSi/c1-4-7-9-12(11-6-3)10-8-5-2/h4-10H2,1-3H3. The van der Waals surface area contributed by atoms with E-state index in [1.165, 1.54) is 37.8 Å². The molecule has 1 radical (unpaired) electrons. The Kier molecular flexibility index (Phi) is 9.40. The van der Waals surface area contributed by atoms with Crippen molar-refractivity contribution in [3.63, 3.8) is 0 Å². The fourth-order valence-electron chi connectivity index (χ4n) is 1.22. The van der Waals surface area contributed by atoms with Gasteiger partial charge in [-0.3, -0.25) is 0 Å². The van der Waals surface area contributed by atoms with Crippen LogP contribution in [0.25, 0.3) is 0 Å². The van der Waals surface area contributed by atoms with Crippen LogP contribution in [0.2, 0.25) is 12.1 Å². The van der Waals surface area contributed by atoms with Gasteiger partial charge in [0.1, 0.15) is 0 Å². The van der Waals surface area contributed by atoms with Gasteiger partial charge in [-0.15, -0.1) is 0 Å². The second kappa shape index (κ2) is 9.27. The number of hydrogen-bond acceptors (Lipinski definition) is 1. The van der Waals surface area contributed by atoms with E-state index in [4.69, 9.17) is 4.43 Å². The average molecular weight is 187 g/mol. The van der Waals surface area contributed by atoms with E-state index < -0.39 is 9.04 Å². The fraction of sp³-hybridized carbons (Fsp3) is 1.00. The van der Waals surface area contributed by atoms with Crippen LogP contribution in [-0.2, 0) is 4.43 Å². The van der Waals surface area contributed by atoms with E-state index in [1.54, 1.807) is 0 Å². The van der Waals surface area contributed by atoms with E-state index in [0.717, 1.165) is 6.61 Å². The van der Waals surface area contributed by atoms with Gasteiger partial charge in [0.05, 0.1) is 0 Å². The number of rotatable bonds is 8. The Hall–Kier alpha value is 0.177. The Balaban J connectivity index is 3.40. The van der Waals surface area contributed by atoms with Crippen molar-refractivity contribution >= 4 is 9.04 Å². The van der Waals surface area contributed by atoms with Crippen molar-refractivity contribution < 1.29 is 4.43 Å². The van der Waals surface area contributed by atoms with Crippen LogP contribution < -0.4 is 0 Å². The van der Waals surface area contributed by atoms with E-state index >= 15 is 0 Å². The van der Waals surface area contributed by atoms with E-state index in [1.807, 2.05) is 0 Å². The first-order valence-corrected chi connectivity index (χ1v) is 7.14. The summed E-state index contributed by atoms with van der Waals surface area (Å²) in [4.78, 5) is 0. The zero-order valence-electron chi connectivity index (χ0n) is 8.86. The van der Waals surface area contributed by atoms with E-state index in [9.17, 15) is 0 Å². The lowest BCUT2D eigenvalue weighted by Crippen LogP contribution is -2.17. The minimum atomic E-state index is -0.421. The van der Waals surface area contributed by atoms with E-state index in [2.05, 4.69) is 20.8 Å².